The van der Waals surface area contributed by atoms with Gasteiger partial charge in [0.2, 0.25) is 17.6 Å². The SMILES string of the molecule is [2H]C([2H])([2H])c1ccc([N+]#[C-])c2oc3c(-c4cc(C([2H])([2H])C(C)C)c(F)c[n+]4C)c(C)ccc3c12. The normalized spacial score (nSPS) is 15.0. The van der Waals surface area contributed by atoms with E-state index in [-0.39, 0.29) is 22.4 Å². The molecule has 4 rings (SSSR count). The van der Waals surface area contributed by atoms with Gasteiger partial charge in [-0.25, -0.2) is 9.24 Å². The van der Waals surface area contributed by atoms with Gasteiger partial charge in [0.15, 0.2) is 5.82 Å². The Morgan fingerprint density at radius 3 is 2.69 bits per heavy atom. The average Bonchev–Trinajstić information content (AvgIpc) is 3.12. The molecule has 2 aromatic heterocycles. The predicted octanol–water partition coefficient (Wildman–Crippen LogP) is 6.58. The Morgan fingerprint density at radius 2 is 2.00 bits per heavy atom. The van der Waals surface area contributed by atoms with Crippen molar-refractivity contribution in [2.45, 2.75) is 34.0 Å². The van der Waals surface area contributed by atoms with E-state index >= 15 is 0 Å². The Hall–Kier alpha value is -3.19. The Kier molecular flexibility index (Phi) is 3.36. The van der Waals surface area contributed by atoms with Gasteiger partial charge in [0, 0.05) is 29.3 Å². The van der Waals surface area contributed by atoms with Crippen molar-refractivity contribution in [1.29, 1.82) is 0 Å². The number of halogens is 1. The second-order valence-electron chi connectivity index (χ2n) is 7.51. The van der Waals surface area contributed by atoms with Crippen LogP contribution in [0.3, 0.4) is 0 Å². The lowest BCUT2D eigenvalue weighted by molar-refractivity contribution is -0.662. The number of hydrogen-bond acceptors (Lipinski definition) is 1. The lowest BCUT2D eigenvalue weighted by atomic mass is 9.96. The van der Waals surface area contributed by atoms with Gasteiger partial charge in [-0.05, 0) is 37.2 Å². The van der Waals surface area contributed by atoms with Crippen molar-refractivity contribution in [2.24, 2.45) is 13.0 Å². The van der Waals surface area contributed by atoms with Gasteiger partial charge in [-0.15, -0.1) is 0 Å². The van der Waals surface area contributed by atoms with E-state index < -0.39 is 25.0 Å². The fourth-order valence-electron chi connectivity index (χ4n) is 3.72. The van der Waals surface area contributed by atoms with Crippen LogP contribution in [0.25, 0.3) is 38.0 Å². The number of fused-ring (bicyclic) bond motifs is 3. The summed E-state index contributed by atoms with van der Waals surface area (Å²) in [6.45, 7) is 10.3. The molecule has 4 aromatic rings. The van der Waals surface area contributed by atoms with Gasteiger partial charge in [-0.2, -0.15) is 4.57 Å². The molecule has 0 radical (unpaired) electrons. The van der Waals surface area contributed by atoms with Crippen LogP contribution in [-0.2, 0) is 13.4 Å². The highest BCUT2D eigenvalue weighted by Gasteiger charge is 2.24. The molecule has 0 N–H and O–H groups in total. The molecule has 4 heteroatoms. The van der Waals surface area contributed by atoms with Crippen molar-refractivity contribution in [3.8, 4) is 11.3 Å². The van der Waals surface area contributed by atoms with Crippen LogP contribution in [0, 0.1) is 32.1 Å². The van der Waals surface area contributed by atoms with Crippen LogP contribution >= 0.6 is 0 Å². The third-order valence-electron chi connectivity index (χ3n) is 5.02. The largest absolute Gasteiger partial charge is 0.466 e. The number of aryl methyl sites for hydroxylation is 3. The molecule has 0 saturated heterocycles. The first-order valence-corrected chi connectivity index (χ1v) is 9.35. The van der Waals surface area contributed by atoms with E-state index in [0.717, 1.165) is 5.56 Å². The van der Waals surface area contributed by atoms with Crippen LogP contribution in [0.2, 0.25) is 0 Å². The summed E-state index contributed by atoms with van der Waals surface area (Å²) in [6.07, 6.45) is -0.668. The van der Waals surface area contributed by atoms with Crippen LogP contribution in [-0.4, -0.2) is 0 Å². The molecule has 0 fully saturated rings. The summed E-state index contributed by atoms with van der Waals surface area (Å²) in [5, 5.41) is 0.886. The average molecular weight is 393 g/mol. The Morgan fingerprint density at radius 1 is 1.24 bits per heavy atom. The number of benzene rings is 2. The first-order valence-electron chi connectivity index (χ1n) is 11.9. The van der Waals surface area contributed by atoms with E-state index in [1.807, 2.05) is 13.0 Å². The highest BCUT2D eigenvalue weighted by atomic mass is 19.1. The number of rotatable bonds is 3. The highest BCUT2D eigenvalue weighted by Crippen LogP contribution is 2.41. The van der Waals surface area contributed by atoms with E-state index in [0.29, 0.717) is 27.6 Å². The molecule has 2 aromatic carbocycles. The summed E-state index contributed by atoms with van der Waals surface area (Å²) in [5.74, 6) is -1.12. The Balaban J connectivity index is 2.16. The number of aromatic nitrogens is 1. The maximum absolute atomic E-state index is 14.9. The zero-order chi connectivity index (χ0) is 25.2. The molecule has 0 aliphatic carbocycles. The topological polar surface area (TPSA) is 21.4 Å². The van der Waals surface area contributed by atoms with E-state index in [1.54, 1.807) is 31.5 Å². The molecule has 2 heterocycles. The summed E-state index contributed by atoms with van der Waals surface area (Å²) in [6, 6.07) is 7.95. The molecular formula is C25H24FN2O+. The lowest BCUT2D eigenvalue weighted by Gasteiger charge is -2.10. The Bertz CT molecular complexity index is 1500. The zero-order valence-corrected chi connectivity index (χ0v) is 16.7. The van der Waals surface area contributed by atoms with Crippen molar-refractivity contribution in [2.75, 3.05) is 0 Å². The van der Waals surface area contributed by atoms with Crippen molar-refractivity contribution < 1.29 is 20.2 Å². The van der Waals surface area contributed by atoms with Crippen LogP contribution in [0.15, 0.2) is 40.9 Å². The van der Waals surface area contributed by atoms with E-state index in [4.69, 9.17) is 17.8 Å². The number of hydrogen-bond donors (Lipinski definition) is 0. The van der Waals surface area contributed by atoms with Crippen LogP contribution < -0.4 is 4.57 Å². The third-order valence-corrected chi connectivity index (χ3v) is 5.02. The summed E-state index contributed by atoms with van der Waals surface area (Å²) in [4.78, 5) is 3.51. The predicted molar refractivity (Wildman–Crippen MR) is 115 cm³/mol. The molecule has 0 bridgehead atoms. The molecule has 0 aliphatic rings. The molecule has 0 amide bonds. The third kappa shape index (κ3) is 3.07. The van der Waals surface area contributed by atoms with Gasteiger partial charge in [0.25, 0.3) is 0 Å². The number of furan rings is 1. The molecular weight excluding hydrogens is 363 g/mol. The minimum atomic E-state index is -2.42. The summed E-state index contributed by atoms with van der Waals surface area (Å²) in [7, 11) is 1.66. The molecule has 3 nitrogen and oxygen atoms in total. The van der Waals surface area contributed by atoms with Gasteiger partial charge in [0.1, 0.15) is 18.2 Å². The van der Waals surface area contributed by atoms with E-state index in [2.05, 4.69) is 4.85 Å². The van der Waals surface area contributed by atoms with Gasteiger partial charge in [0.05, 0.1) is 12.1 Å². The zero-order valence-electron chi connectivity index (χ0n) is 21.7. The fourth-order valence-corrected chi connectivity index (χ4v) is 3.72. The summed E-state index contributed by atoms with van der Waals surface area (Å²) in [5.41, 5.74) is 2.67. The van der Waals surface area contributed by atoms with Crippen LogP contribution in [0.4, 0.5) is 10.1 Å². The maximum Gasteiger partial charge on any atom is 0.229 e. The minimum absolute atomic E-state index is 0.0619. The summed E-state index contributed by atoms with van der Waals surface area (Å²) >= 11 is 0. The van der Waals surface area contributed by atoms with Crippen molar-refractivity contribution in [3.05, 3.63) is 70.5 Å². The molecule has 0 saturated carbocycles. The van der Waals surface area contributed by atoms with Gasteiger partial charge >= 0.3 is 0 Å². The molecule has 29 heavy (non-hydrogen) atoms. The number of pyridine rings is 1. The van der Waals surface area contributed by atoms with Gasteiger partial charge < -0.3 is 4.42 Å². The van der Waals surface area contributed by atoms with Gasteiger partial charge in [-0.3, -0.25) is 0 Å². The molecule has 0 spiro atoms. The fraction of sp³-hybridized carbons (Fsp3) is 0.280. The number of nitrogens with zero attached hydrogens (tertiary/aromatic N) is 2. The smallest absolute Gasteiger partial charge is 0.229 e. The second-order valence-corrected chi connectivity index (χ2v) is 7.51. The molecule has 0 aliphatic heterocycles. The lowest BCUT2D eigenvalue weighted by Crippen LogP contribution is -2.32. The first kappa shape index (κ1) is 13.9. The highest BCUT2D eigenvalue weighted by molar-refractivity contribution is 6.14. The summed E-state index contributed by atoms with van der Waals surface area (Å²) < 4.78 is 63.4. The van der Waals surface area contributed by atoms with E-state index in [9.17, 15) is 4.39 Å². The van der Waals surface area contributed by atoms with Gasteiger partial charge in [-0.1, -0.05) is 38.1 Å². The molecule has 146 valence electrons. The monoisotopic (exact) mass is 392 g/mol. The van der Waals surface area contributed by atoms with Crippen LogP contribution in [0.1, 0.15) is 37.4 Å². The molecule has 0 atom stereocenters. The first-order chi connectivity index (χ1) is 15.8. The van der Waals surface area contributed by atoms with Crippen molar-refractivity contribution >= 4 is 27.6 Å². The van der Waals surface area contributed by atoms with Crippen LogP contribution in [0.5, 0.6) is 0 Å². The Labute approximate surface area is 177 Å². The van der Waals surface area contributed by atoms with Crippen molar-refractivity contribution in [1.82, 2.24) is 0 Å². The minimum Gasteiger partial charge on any atom is -0.466 e. The van der Waals surface area contributed by atoms with Crippen molar-refractivity contribution in [3.63, 3.8) is 0 Å². The van der Waals surface area contributed by atoms with E-state index in [1.165, 1.54) is 24.4 Å². The maximum atomic E-state index is 14.9. The second kappa shape index (κ2) is 7.00. The quantitative estimate of drug-likeness (QED) is 0.285. The molecule has 0 unspecified atom stereocenters. The standard InChI is InChI=1S/C25H24FN2O/c1-14(2)11-17-12-21(28(6)13-19(17)26)23-16(4)7-9-18-22-15(3)8-10-20(27-5)25(22)29-24(18)23/h7-10,12-14H,11H2,1-4,6H3/q+1/i3D3,11D2.